The van der Waals surface area contributed by atoms with Crippen molar-refractivity contribution in [1.29, 1.82) is 0 Å². The topological polar surface area (TPSA) is 114 Å². The van der Waals surface area contributed by atoms with E-state index in [4.69, 9.17) is 4.74 Å². The quantitative estimate of drug-likeness (QED) is 0.395. The molecule has 1 unspecified atom stereocenters. The summed E-state index contributed by atoms with van der Waals surface area (Å²) < 4.78 is 33.9. The van der Waals surface area contributed by atoms with Gasteiger partial charge in [0.25, 0.3) is 11.5 Å². The maximum atomic E-state index is 14.0. The van der Waals surface area contributed by atoms with E-state index in [0.29, 0.717) is 11.3 Å². The first-order valence-electron chi connectivity index (χ1n) is 11.5. The van der Waals surface area contributed by atoms with Crippen LogP contribution in [0.15, 0.2) is 45.7 Å². The molecule has 2 aromatic carbocycles. The van der Waals surface area contributed by atoms with Crippen molar-refractivity contribution in [2.75, 3.05) is 20.6 Å². The van der Waals surface area contributed by atoms with E-state index in [-0.39, 0.29) is 52.8 Å². The van der Waals surface area contributed by atoms with E-state index in [1.54, 1.807) is 40.1 Å². The summed E-state index contributed by atoms with van der Waals surface area (Å²) in [5.41, 5.74) is 0.872. The lowest BCUT2D eigenvalue weighted by Crippen LogP contribution is -2.35. The van der Waals surface area contributed by atoms with E-state index in [0.717, 1.165) is 12.1 Å². The molecule has 1 atom stereocenters. The standard InChI is InChI=1S/C26H27BrF2N4O5/c1-14-5-6-16(24(36)30-12-19(34)11-22(35)32(3)4)9-21(14)33-15(2)31-25(23(27)26(33)37)38-13-17-7-8-18(28)10-20(17)29/h5-10,19,34H,11-13H2,1-4H3,(H,30,36). The second-order valence-corrected chi connectivity index (χ2v) is 9.59. The Labute approximate surface area is 226 Å². The fourth-order valence-electron chi connectivity index (χ4n) is 3.51. The molecule has 0 spiro atoms. The molecule has 38 heavy (non-hydrogen) atoms. The highest BCUT2D eigenvalue weighted by atomic mass is 79.9. The monoisotopic (exact) mass is 592 g/mol. The number of nitrogens with one attached hydrogen (secondary N) is 1. The van der Waals surface area contributed by atoms with E-state index < -0.39 is 29.2 Å². The molecule has 0 saturated heterocycles. The predicted molar refractivity (Wildman–Crippen MR) is 139 cm³/mol. The summed E-state index contributed by atoms with van der Waals surface area (Å²) in [6, 6.07) is 7.83. The number of aliphatic hydroxyl groups is 1. The van der Waals surface area contributed by atoms with Gasteiger partial charge in [-0.2, -0.15) is 4.98 Å². The normalized spacial score (nSPS) is 11.7. The summed E-state index contributed by atoms with van der Waals surface area (Å²) >= 11 is 3.20. The van der Waals surface area contributed by atoms with Crippen molar-refractivity contribution in [3.8, 4) is 11.6 Å². The molecular formula is C26H27BrF2N4O5. The maximum absolute atomic E-state index is 14.0. The lowest BCUT2D eigenvalue weighted by Gasteiger charge is -2.17. The molecular weight excluding hydrogens is 566 g/mol. The van der Waals surface area contributed by atoms with Gasteiger partial charge in [-0.3, -0.25) is 19.0 Å². The summed E-state index contributed by atoms with van der Waals surface area (Å²) in [6.45, 7) is 2.92. The van der Waals surface area contributed by atoms with Crippen LogP contribution in [0, 0.1) is 25.5 Å². The van der Waals surface area contributed by atoms with E-state index >= 15 is 0 Å². The van der Waals surface area contributed by atoms with Crippen molar-refractivity contribution in [2.24, 2.45) is 0 Å². The third-order valence-corrected chi connectivity index (χ3v) is 6.34. The van der Waals surface area contributed by atoms with Crippen LogP contribution in [0.4, 0.5) is 8.78 Å². The summed E-state index contributed by atoms with van der Waals surface area (Å²) in [5, 5.41) is 12.6. The largest absolute Gasteiger partial charge is 0.472 e. The maximum Gasteiger partial charge on any atom is 0.276 e. The van der Waals surface area contributed by atoms with Crippen LogP contribution in [0.5, 0.6) is 5.88 Å². The number of nitrogens with zero attached hydrogens (tertiary/aromatic N) is 3. The van der Waals surface area contributed by atoms with Gasteiger partial charge in [-0.1, -0.05) is 6.07 Å². The number of hydrogen-bond acceptors (Lipinski definition) is 6. The highest BCUT2D eigenvalue weighted by molar-refractivity contribution is 9.10. The summed E-state index contributed by atoms with van der Waals surface area (Å²) in [7, 11) is 3.14. The number of aryl methyl sites for hydroxylation is 2. The number of carbonyl (C=O) groups is 2. The number of amides is 2. The van der Waals surface area contributed by atoms with Gasteiger partial charge in [0.1, 0.15) is 28.5 Å². The molecule has 202 valence electrons. The Morgan fingerprint density at radius 2 is 1.89 bits per heavy atom. The van der Waals surface area contributed by atoms with Gasteiger partial charge < -0.3 is 20.1 Å². The van der Waals surface area contributed by atoms with Gasteiger partial charge in [-0.15, -0.1) is 0 Å². The van der Waals surface area contributed by atoms with Crippen LogP contribution in [0.1, 0.15) is 33.7 Å². The van der Waals surface area contributed by atoms with Gasteiger partial charge in [0.05, 0.1) is 18.2 Å². The fraction of sp³-hybridized carbons (Fsp3) is 0.308. The SMILES string of the molecule is Cc1ccc(C(=O)NCC(O)CC(=O)N(C)C)cc1-n1c(C)nc(OCc2ccc(F)cc2F)c(Br)c1=O. The zero-order chi connectivity index (χ0) is 28.1. The average Bonchev–Trinajstić information content (AvgIpc) is 2.85. The highest BCUT2D eigenvalue weighted by Crippen LogP contribution is 2.24. The minimum absolute atomic E-state index is 0.0199. The molecule has 0 fully saturated rings. The molecule has 0 aliphatic rings. The number of rotatable bonds is 9. The molecule has 0 aliphatic heterocycles. The Balaban J connectivity index is 1.82. The highest BCUT2D eigenvalue weighted by Gasteiger charge is 2.19. The molecule has 3 rings (SSSR count). The Bertz CT molecular complexity index is 1430. The van der Waals surface area contributed by atoms with Crippen LogP contribution in [0.2, 0.25) is 0 Å². The van der Waals surface area contributed by atoms with Gasteiger partial charge in [-0.05, 0) is 59.6 Å². The molecule has 12 heteroatoms. The fourth-order valence-corrected chi connectivity index (χ4v) is 3.89. The van der Waals surface area contributed by atoms with Crippen LogP contribution >= 0.6 is 15.9 Å². The molecule has 0 aliphatic carbocycles. The molecule has 0 saturated carbocycles. The first-order valence-corrected chi connectivity index (χ1v) is 12.3. The van der Waals surface area contributed by atoms with E-state index in [2.05, 4.69) is 26.2 Å². The number of ether oxygens (including phenoxy) is 1. The number of benzene rings is 2. The molecule has 9 nitrogen and oxygen atoms in total. The first-order chi connectivity index (χ1) is 17.9. The Morgan fingerprint density at radius 3 is 2.55 bits per heavy atom. The van der Waals surface area contributed by atoms with E-state index in [9.17, 15) is 28.3 Å². The van der Waals surface area contributed by atoms with Crippen LogP contribution < -0.4 is 15.6 Å². The third kappa shape index (κ3) is 6.81. The minimum atomic E-state index is -1.06. The summed E-state index contributed by atoms with van der Waals surface area (Å²) in [5.74, 6) is -2.10. The number of carbonyl (C=O) groups excluding carboxylic acids is 2. The van der Waals surface area contributed by atoms with Crippen molar-refractivity contribution in [2.45, 2.75) is 33.0 Å². The van der Waals surface area contributed by atoms with Gasteiger partial charge >= 0.3 is 0 Å². The van der Waals surface area contributed by atoms with E-state index in [1.807, 2.05) is 0 Å². The smallest absolute Gasteiger partial charge is 0.276 e. The van der Waals surface area contributed by atoms with Crippen molar-refractivity contribution in [1.82, 2.24) is 19.8 Å². The number of aliphatic hydroxyl groups excluding tert-OH is 1. The van der Waals surface area contributed by atoms with Gasteiger partial charge in [0.2, 0.25) is 11.8 Å². The second-order valence-electron chi connectivity index (χ2n) is 8.80. The van der Waals surface area contributed by atoms with Crippen molar-refractivity contribution in [3.63, 3.8) is 0 Å². The van der Waals surface area contributed by atoms with Crippen molar-refractivity contribution < 1.29 is 28.2 Å². The molecule has 2 N–H and O–H groups in total. The van der Waals surface area contributed by atoms with Gasteiger partial charge in [0.15, 0.2) is 0 Å². The number of aromatic nitrogens is 2. The average molecular weight is 593 g/mol. The summed E-state index contributed by atoms with van der Waals surface area (Å²) in [4.78, 5) is 43.4. The minimum Gasteiger partial charge on any atom is -0.472 e. The molecule has 1 heterocycles. The zero-order valence-electron chi connectivity index (χ0n) is 21.2. The predicted octanol–water partition coefficient (Wildman–Crippen LogP) is 3.04. The lowest BCUT2D eigenvalue weighted by molar-refractivity contribution is -0.130. The van der Waals surface area contributed by atoms with E-state index in [1.165, 1.54) is 21.6 Å². The number of halogens is 3. The van der Waals surface area contributed by atoms with Crippen molar-refractivity contribution >= 4 is 27.7 Å². The van der Waals surface area contributed by atoms with Gasteiger partial charge in [0, 0.05) is 37.8 Å². The van der Waals surface area contributed by atoms with Crippen molar-refractivity contribution in [3.05, 3.63) is 85.4 Å². The van der Waals surface area contributed by atoms with Crippen LogP contribution in [0.25, 0.3) is 5.69 Å². The molecule has 1 aromatic heterocycles. The van der Waals surface area contributed by atoms with Crippen LogP contribution in [0.3, 0.4) is 0 Å². The second kappa shape index (κ2) is 12.3. The molecule has 0 radical (unpaired) electrons. The lowest BCUT2D eigenvalue weighted by atomic mass is 10.1. The Hall–Kier alpha value is -3.64. The summed E-state index contributed by atoms with van der Waals surface area (Å²) in [6.07, 6.45) is -1.19. The zero-order valence-corrected chi connectivity index (χ0v) is 22.8. The third-order valence-electron chi connectivity index (χ3n) is 5.66. The van der Waals surface area contributed by atoms with Crippen LogP contribution in [-0.2, 0) is 11.4 Å². The molecule has 0 bridgehead atoms. The van der Waals surface area contributed by atoms with Gasteiger partial charge in [-0.25, -0.2) is 8.78 Å². The Kier molecular flexibility index (Phi) is 9.34. The molecule has 2 amide bonds. The van der Waals surface area contributed by atoms with Crippen LogP contribution in [-0.4, -0.2) is 58.1 Å². The first kappa shape index (κ1) is 28.9. The molecule has 3 aromatic rings. The Morgan fingerprint density at radius 1 is 1.18 bits per heavy atom. The number of hydrogen-bond donors (Lipinski definition) is 2.